The molecule has 0 atom stereocenters. The molecule has 1 saturated heterocycles. The van der Waals surface area contributed by atoms with Crippen molar-refractivity contribution in [3.63, 3.8) is 0 Å². The summed E-state index contributed by atoms with van der Waals surface area (Å²) in [5.41, 5.74) is 2.28. The number of methoxy groups -OCH3 is 1. The van der Waals surface area contributed by atoms with E-state index in [-0.39, 0.29) is 5.56 Å². The van der Waals surface area contributed by atoms with Crippen LogP contribution < -0.4 is 15.6 Å². The molecule has 8 heteroatoms. The Morgan fingerprint density at radius 2 is 1.97 bits per heavy atom. The number of benzene rings is 2. The summed E-state index contributed by atoms with van der Waals surface area (Å²) in [6.45, 7) is 5.62. The molecule has 0 bridgehead atoms. The Bertz CT molecular complexity index is 1130. The Morgan fingerprint density at radius 3 is 2.73 bits per heavy atom. The van der Waals surface area contributed by atoms with E-state index in [1.807, 2.05) is 54.6 Å². The van der Waals surface area contributed by atoms with Gasteiger partial charge in [0.1, 0.15) is 5.75 Å². The number of rotatable bonds is 8. The minimum atomic E-state index is -0.103. The number of fused-ring (bicyclic) bond motifs is 1. The number of para-hydroxylation sites is 1. The molecule has 2 heterocycles. The van der Waals surface area contributed by atoms with Crippen molar-refractivity contribution < 1.29 is 9.47 Å². The topological polar surface area (TPSA) is 69.8 Å². The largest absolute Gasteiger partial charge is 0.497 e. The Balaban J connectivity index is 1.51. The Morgan fingerprint density at radius 1 is 1.18 bits per heavy atom. The number of anilines is 1. The lowest BCUT2D eigenvalue weighted by atomic mass is 10.1. The van der Waals surface area contributed by atoms with Gasteiger partial charge in [0.2, 0.25) is 0 Å². The van der Waals surface area contributed by atoms with E-state index in [1.54, 1.807) is 7.11 Å². The van der Waals surface area contributed by atoms with Crippen molar-refractivity contribution in [3.05, 3.63) is 70.5 Å². The third-order valence-corrected chi connectivity index (χ3v) is 6.17. The molecule has 0 spiro atoms. The van der Waals surface area contributed by atoms with Crippen LogP contribution in [0.4, 0.5) is 5.69 Å². The van der Waals surface area contributed by atoms with Crippen LogP contribution >= 0.6 is 12.2 Å². The van der Waals surface area contributed by atoms with Crippen LogP contribution in [-0.4, -0.2) is 66.4 Å². The van der Waals surface area contributed by atoms with Crippen LogP contribution in [0.15, 0.2) is 59.4 Å². The van der Waals surface area contributed by atoms with Gasteiger partial charge in [0, 0.05) is 48.3 Å². The van der Waals surface area contributed by atoms with E-state index in [0.717, 1.165) is 68.2 Å². The minimum absolute atomic E-state index is 0.103. The Kier molecular flexibility index (Phi) is 7.93. The van der Waals surface area contributed by atoms with Gasteiger partial charge in [-0.05, 0) is 55.0 Å². The van der Waals surface area contributed by atoms with Gasteiger partial charge in [-0.15, -0.1) is 0 Å². The summed E-state index contributed by atoms with van der Waals surface area (Å²) < 4.78 is 10.8. The minimum Gasteiger partial charge on any atom is -0.497 e. The zero-order valence-corrected chi connectivity index (χ0v) is 19.7. The predicted molar refractivity (Wildman–Crippen MR) is 136 cm³/mol. The van der Waals surface area contributed by atoms with Crippen molar-refractivity contribution in [2.45, 2.75) is 13.0 Å². The molecule has 1 aromatic heterocycles. The maximum Gasteiger partial charge on any atom is 0.253 e. The Hall–Kier alpha value is -2.94. The average molecular weight is 467 g/mol. The van der Waals surface area contributed by atoms with Crippen LogP contribution in [0.2, 0.25) is 0 Å². The summed E-state index contributed by atoms with van der Waals surface area (Å²) in [5.74, 6) is 0.754. The number of hydrogen-bond donors (Lipinski definition) is 2. The zero-order valence-electron chi connectivity index (χ0n) is 18.9. The summed E-state index contributed by atoms with van der Waals surface area (Å²) >= 11 is 5.75. The summed E-state index contributed by atoms with van der Waals surface area (Å²) in [6.07, 6.45) is 0.940. The second-order valence-electron chi connectivity index (χ2n) is 8.10. The highest BCUT2D eigenvalue weighted by Gasteiger charge is 2.16. The highest BCUT2D eigenvalue weighted by Crippen LogP contribution is 2.19. The molecule has 0 aliphatic carbocycles. The number of H-pyrrole nitrogens is 1. The van der Waals surface area contributed by atoms with Crippen LogP contribution in [0.1, 0.15) is 12.0 Å². The fourth-order valence-corrected chi connectivity index (χ4v) is 4.24. The molecule has 0 amide bonds. The first-order chi connectivity index (χ1) is 16.1. The van der Waals surface area contributed by atoms with Gasteiger partial charge in [-0.25, -0.2) is 0 Å². The van der Waals surface area contributed by atoms with Crippen molar-refractivity contribution in [2.75, 3.05) is 51.8 Å². The molecule has 3 aromatic rings. The van der Waals surface area contributed by atoms with E-state index in [1.165, 1.54) is 0 Å². The summed E-state index contributed by atoms with van der Waals surface area (Å²) in [6, 6.07) is 17.4. The van der Waals surface area contributed by atoms with Gasteiger partial charge in [0.15, 0.2) is 5.11 Å². The van der Waals surface area contributed by atoms with E-state index in [9.17, 15) is 4.79 Å². The van der Waals surface area contributed by atoms with Crippen molar-refractivity contribution in [1.82, 2.24) is 14.8 Å². The summed E-state index contributed by atoms with van der Waals surface area (Å²) in [7, 11) is 1.64. The molecule has 1 aliphatic rings. The van der Waals surface area contributed by atoms with Crippen LogP contribution in [0.3, 0.4) is 0 Å². The molecule has 174 valence electrons. The van der Waals surface area contributed by atoms with E-state index in [0.29, 0.717) is 17.2 Å². The fraction of sp³-hybridized carbons (Fsp3) is 0.360. The molecular formula is C25H30N4O3S. The second-order valence-corrected chi connectivity index (χ2v) is 8.49. The SMILES string of the molecule is COc1ccc2[nH]c(=O)c(CN(CCCN3CCOCC3)C(=S)Nc3ccccc3)cc2c1. The monoisotopic (exact) mass is 466 g/mol. The normalized spacial score (nSPS) is 14.2. The summed E-state index contributed by atoms with van der Waals surface area (Å²) in [5, 5.41) is 4.85. The molecule has 2 aromatic carbocycles. The number of nitrogens with zero attached hydrogens (tertiary/aromatic N) is 2. The lowest BCUT2D eigenvalue weighted by molar-refractivity contribution is 0.0367. The molecule has 1 fully saturated rings. The van der Waals surface area contributed by atoms with Gasteiger partial charge in [-0.2, -0.15) is 0 Å². The second kappa shape index (κ2) is 11.3. The lowest BCUT2D eigenvalue weighted by Gasteiger charge is -2.29. The predicted octanol–water partition coefficient (Wildman–Crippen LogP) is 3.46. The van der Waals surface area contributed by atoms with Crippen LogP contribution in [-0.2, 0) is 11.3 Å². The number of hydrogen-bond acceptors (Lipinski definition) is 5. The fourth-order valence-electron chi connectivity index (χ4n) is 3.97. The first-order valence-electron chi connectivity index (χ1n) is 11.2. The number of thiocarbonyl (C=S) groups is 1. The molecule has 7 nitrogen and oxygen atoms in total. The van der Waals surface area contributed by atoms with Gasteiger partial charge in [-0.1, -0.05) is 18.2 Å². The molecule has 1 aliphatic heterocycles. The molecular weight excluding hydrogens is 436 g/mol. The third kappa shape index (κ3) is 6.31. The molecule has 33 heavy (non-hydrogen) atoms. The molecule has 0 radical (unpaired) electrons. The smallest absolute Gasteiger partial charge is 0.253 e. The standard InChI is InChI=1S/C25H30N4O3S/c1-31-22-8-9-23-19(17-22)16-20(24(30)27-23)18-29(11-5-10-28-12-14-32-15-13-28)25(33)26-21-6-3-2-4-7-21/h2-4,6-9,16-17H,5,10-15,18H2,1H3,(H,26,33)(H,27,30). The van der Waals surface area contributed by atoms with Crippen LogP contribution in [0.5, 0.6) is 5.75 Å². The van der Waals surface area contributed by atoms with Crippen molar-refractivity contribution in [3.8, 4) is 5.75 Å². The number of aromatic nitrogens is 1. The highest BCUT2D eigenvalue weighted by atomic mass is 32.1. The van der Waals surface area contributed by atoms with Gasteiger partial charge < -0.3 is 24.7 Å². The highest BCUT2D eigenvalue weighted by molar-refractivity contribution is 7.80. The lowest BCUT2D eigenvalue weighted by Crippen LogP contribution is -2.40. The molecule has 4 rings (SSSR count). The first-order valence-corrected chi connectivity index (χ1v) is 11.6. The molecule has 0 saturated carbocycles. The molecule has 0 unspecified atom stereocenters. The van der Waals surface area contributed by atoms with E-state index < -0.39 is 0 Å². The zero-order chi connectivity index (χ0) is 23.0. The van der Waals surface area contributed by atoms with Crippen molar-refractivity contribution in [2.24, 2.45) is 0 Å². The number of ether oxygens (including phenoxy) is 2. The number of aromatic amines is 1. The number of pyridine rings is 1. The van der Waals surface area contributed by atoms with Gasteiger partial charge >= 0.3 is 0 Å². The van der Waals surface area contributed by atoms with Crippen molar-refractivity contribution >= 4 is 33.9 Å². The number of morpholine rings is 1. The molecule has 2 N–H and O–H groups in total. The van der Waals surface area contributed by atoms with Crippen LogP contribution in [0.25, 0.3) is 10.9 Å². The first kappa shape index (κ1) is 23.2. The summed E-state index contributed by atoms with van der Waals surface area (Å²) in [4.78, 5) is 20.3. The van der Waals surface area contributed by atoms with Crippen molar-refractivity contribution in [1.29, 1.82) is 0 Å². The number of nitrogens with one attached hydrogen (secondary N) is 2. The Labute approximate surface area is 199 Å². The maximum absolute atomic E-state index is 12.8. The van der Waals surface area contributed by atoms with Crippen LogP contribution in [0, 0.1) is 0 Å². The van der Waals surface area contributed by atoms with E-state index in [4.69, 9.17) is 21.7 Å². The third-order valence-electron chi connectivity index (χ3n) is 5.81. The quantitative estimate of drug-likeness (QED) is 0.493. The van der Waals surface area contributed by atoms with Gasteiger partial charge in [0.25, 0.3) is 5.56 Å². The maximum atomic E-state index is 12.8. The van der Waals surface area contributed by atoms with E-state index in [2.05, 4.69) is 20.1 Å². The van der Waals surface area contributed by atoms with Gasteiger partial charge in [-0.3, -0.25) is 9.69 Å². The average Bonchev–Trinajstić information content (AvgIpc) is 2.84. The van der Waals surface area contributed by atoms with E-state index >= 15 is 0 Å². The van der Waals surface area contributed by atoms with Gasteiger partial charge in [0.05, 0.1) is 26.9 Å².